The number of aromatic amines is 1. The first-order valence-corrected chi connectivity index (χ1v) is 4.86. The Bertz CT molecular complexity index is 288. The number of aromatic nitrogens is 2. The predicted molar refractivity (Wildman–Crippen MR) is 56.0 cm³/mol. The number of hydrogen-bond donors (Lipinski definition) is 3. The van der Waals surface area contributed by atoms with Crippen LogP contribution < -0.4 is 5.32 Å². The maximum Gasteiger partial charge on any atom is 0.0715 e. The normalized spacial score (nSPS) is 14.4. The minimum atomic E-state index is -0.675. The summed E-state index contributed by atoms with van der Waals surface area (Å²) in [5, 5.41) is 19.7. The van der Waals surface area contributed by atoms with Crippen LogP contribution in [0.3, 0.4) is 0 Å². The van der Waals surface area contributed by atoms with Crippen molar-refractivity contribution in [3.05, 3.63) is 17.5 Å². The van der Waals surface area contributed by atoms with Crippen molar-refractivity contribution in [3.8, 4) is 0 Å². The lowest BCUT2D eigenvalue weighted by Crippen LogP contribution is -2.36. The standard InChI is InChI=1S/C10H19N3O/c1-7(11-6-10(3,4)14)9-5-12-13-8(9)2/h5,7,11,14H,6H2,1-4H3,(H,12,13). The zero-order valence-corrected chi connectivity index (χ0v) is 9.26. The highest BCUT2D eigenvalue weighted by atomic mass is 16.3. The van der Waals surface area contributed by atoms with Gasteiger partial charge in [-0.25, -0.2) is 0 Å². The molecule has 0 saturated heterocycles. The second-order valence-corrected chi connectivity index (χ2v) is 4.37. The van der Waals surface area contributed by atoms with Gasteiger partial charge in [-0.1, -0.05) is 0 Å². The van der Waals surface area contributed by atoms with E-state index in [1.54, 1.807) is 13.8 Å². The van der Waals surface area contributed by atoms with Crippen LogP contribution in [0.2, 0.25) is 0 Å². The van der Waals surface area contributed by atoms with Gasteiger partial charge in [0.2, 0.25) is 0 Å². The van der Waals surface area contributed by atoms with Crippen molar-refractivity contribution in [2.45, 2.75) is 39.3 Å². The topological polar surface area (TPSA) is 60.9 Å². The van der Waals surface area contributed by atoms with Crippen molar-refractivity contribution in [2.75, 3.05) is 6.54 Å². The zero-order chi connectivity index (χ0) is 10.8. The maximum atomic E-state index is 9.55. The maximum absolute atomic E-state index is 9.55. The molecule has 0 fully saturated rings. The van der Waals surface area contributed by atoms with Crippen LogP contribution in [0.15, 0.2) is 6.20 Å². The van der Waals surface area contributed by atoms with Crippen LogP contribution in [0.4, 0.5) is 0 Å². The number of aryl methyl sites for hydroxylation is 1. The molecule has 1 aromatic heterocycles. The van der Waals surface area contributed by atoms with Gasteiger partial charge in [-0.15, -0.1) is 0 Å². The van der Waals surface area contributed by atoms with E-state index in [1.807, 2.05) is 13.1 Å². The van der Waals surface area contributed by atoms with Crippen LogP contribution in [0.5, 0.6) is 0 Å². The summed E-state index contributed by atoms with van der Waals surface area (Å²) in [4.78, 5) is 0. The molecule has 14 heavy (non-hydrogen) atoms. The quantitative estimate of drug-likeness (QED) is 0.678. The predicted octanol–water partition coefficient (Wildman–Crippen LogP) is 1.14. The van der Waals surface area contributed by atoms with Crippen LogP contribution in [-0.4, -0.2) is 27.4 Å². The molecule has 0 bridgehead atoms. The molecule has 0 aromatic carbocycles. The second-order valence-electron chi connectivity index (χ2n) is 4.37. The molecule has 1 aromatic rings. The Hall–Kier alpha value is -0.870. The van der Waals surface area contributed by atoms with Gasteiger partial charge in [-0.3, -0.25) is 5.10 Å². The highest BCUT2D eigenvalue weighted by Gasteiger charge is 2.15. The molecule has 80 valence electrons. The molecular weight excluding hydrogens is 178 g/mol. The summed E-state index contributed by atoms with van der Waals surface area (Å²) in [5.41, 5.74) is 1.54. The third kappa shape index (κ3) is 3.12. The Morgan fingerprint density at radius 2 is 2.29 bits per heavy atom. The lowest BCUT2D eigenvalue weighted by atomic mass is 10.1. The molecule has 3 N–H and O–H groups in total. The minimum absolute atomic E-state index is 0.208. The van der Waals surface area contributed by atoms with Crippen molar-refractivity contribution in [3.63, 3.8) is 0 Å². The molecule has 0 aliphatic heterocycles. The van der Waals surface area contributed by atoms with E-state index in [1.165, 1.54) is 0 Å². The minimum Gasteiger partial charge on any atom is -0.389 e. The van der Waals surface area contributed by atoms with Crippen LogP contribution in [0, 0.1) is 6.92 Å². The van der Waals surface area contributed by atoms with Crippen molar-refractivity contribution in [1.82, 2.24) is 15.5 Å². The van der Waals surface area contributed by atoms with Crippen molar-refractivity contribution in [2.24, 2.45) is 0 Å². The molecule has 0 amide bonds. The Labute approximate surface area is 84.7 Å². The Morgan fingerprint density at radius 1 is 1.64 bits per heavy atom. The molecular formula is C10H19N3O. The monoisotopic (exact) mass is 197 g/mol. The summed E-state index contributed by atoms with van der Waals surface area (Å²) in [7, 11) is 0. The van der Waals surface area contributed by atoms with E-state index in [4.69, 9.17) is 0 Å². The number of nitrogens with one attached hydrogen (secondary N) is 2. The van der Waals surface area contributed by atoms with Crippen molar-refractivity contribution in [1.29, 1.82) is 0 Å². The lowest BCUT2D eigenvalue weighted by Gasteiger charge is -2.21. The second kappa shape index (κ2) is 4.11. The van der Waals surface area contributed by atoms with Crippen LogP contribution in [0.1, 0.15) is 38.1 Å². The van der Waals surface area contributed by atoms with Gasteiger partial charge in [-0.2, -0.15) is 5.10 Å². The summed E-state index contributed by atoms with van der Waals surface area (Å²) >= 11 is 0. The van der Waals surface area contributed by atoms with E-state index >= 15 is 0 Å². The average Bonchev–Trinajstić information content (AvgIpc) is 2.46. The molecule has 0 aliphatic rings. The van der Waals surface area contributed by atoms with Gasteiger partial charge in [0.05, 0.1) is 11.8 Å². The molecule has 0 saturated carbocycles. The van der Waals surface area contributed by atoms with Gasteiger partial charge in [0.25, 0.3) is 0 Å². The highest BCUT2D eigenvalue weighted by Crippen LogP contribution is 2.14. The summed E-state index contributed by atoms with van der Waals surface area (Å²) in [5.74, 6) is 0. The first-order valence-electron chi connectivity index (χ1n) is 4.86. The van der Waals surface area contributed by atoms with E-state index in [2.05, 4.69) is 22.4 Å². The summed E-state index contributed by atoms with van der Waals surface area (Å²) in [6.45, 7) is 8.19. The summed E-state index contributed by atoms with van der Waals surface area (Å²) in [6, 6.07) is 0.208. The molecule has 4 nitrogen and oxygen atoms in total. The van der Waals surface area contributed by atoms with Crippen LogP contribution in [-0.2, 0) is 0 Å². The molecule has 1 unspecified atom stereocenters. The van der Waals surface area contributed by atoms with Gasteiger partial charge < -0.3 is 10.4 Å². The molecule has 1 rings (SSSR count). The number of nitrogens with zero attached hydrogens (tertiary/aromatic N) is 1. The highest BCUT2D eigenvalue weighted by molar-refractivity contribution is 5.18. The first-order chi connectivity index (χ1) is 6.40. The van der Waals surface area contributed by atoms with E-state index < -0.39 is 5.60 Å². The third-order valence-corrected chi connectivity index (χ3v) is 2.18. The Balaban J connectivity index is 2.51. The van der Waals surface area contributed by atoms with E-state index in [9.17, 15) is 5.11 Å². The van der Waals surface area contributed by atoms with Crippen LogP contribution in [0.25, 0.3) is 0 Å². The Kier molecular flexibility index (Phi) is 3.29. The van der Waals surface area contributed by atoms with E-state index in [-0.39, 0.29) is 6.04 Å². The third-order valence-electron chi connectivity index (χ3n) is 2.18. The van der Waals surface area contributed by atoms with Gasteiger partial charge in [-0.05, 0) is 27.7 Å². The van der Waals surface area contributed by atoms with Crippen molar-refractivity contribution < 1.29 is 5.11 Å². The van der Waals surface area contributed by atoms with Crippen LogP contribution >= 0.6 is 0 Å². The fourth-order valence-electron chi connectivity index (χ4n) is 1.31. The fourth-order valence-corrected chi connectivity index (χ4v) is 1.31. The zero-order valence-electron chi connectivity index (χ0n) is 9.26. The van der Waals surface area contributed by atoms with Gasteiger partial charge in [0.1, 0.15) is 0 Å². The van der Waals surface area contributed by atoms with Crippen molar-refractivity contribution >= 4 is 0 Å². The average molecular weight is 197 g/mol. The Morgan fingerprint density at radius 3 is 2.71 bits per heavy atom. The number of rotatable bonds is 4. The molecule has 0 aliphatic carbocycles. The fraction of sp³-hybridized carbons (Fsp3) is 0.700. The van der Waals surface area contributed by atoms with Gasteiger partial charge >= 0.3 is 0 Å². The van der Waals surface area contributed by atoms with Gasteiger partial charge in [0, 0.05) is 23.8 Å². The smallest absolute Gasteiger partial charge is 0.0715 e. The number of hydrogen-bond acceptors (Lipinski definition) is 3. The summed E-state index contributed by atoms with van der Waals surface area (Å²) in [6.07, 6.45) is 1.82. The number of H-pyrrole nitrogens is 1. The SMILES string of the molecule is Cc1[nH]ncc1C(C)NCC(C)(C)O. The molecule has 1 atom stereocenters. The molecule has 1 heterocycles. The van der Waals surface area contributed by atoms with E-state index in [0.717, 1.165) is 11.3 Å². The van der Waals surface area contributed by atoms with E-state index in [0.29, 0.717) is 6.54 Å². The first kappa shape index (κ1) is 11.2. The molecule has 0 spiro atoms. The largest absolute Gasteiger partial charge is 0.389 e. The van der Waals surface area contributed by atoms with Gasteiger partial charge in [0.15, 0.2) is 0 Å². The summed E-state index contributed by atoms with van der Waals surface area (Å²) < 4.78 is 0. The molecule has 0 radical (unpaired) electrons. The molecule has 4 heteroatoms. The number of aliphatic hydroxyl groups is 1. The lowest BCUT2D eigenvalue weighted by molar-refractivity contribution is 0.0770.